The number of urea groups is 1. The standard InChI is InChI=1S/C19H22N2O4/c1-3-25-17-10-6-15(7-11-17)13-21-19(23)20-12-14-4-8-16(9-5-14)18(22)24-2/h4-11H,3,12-13H2,1-2H3,(H2,20,21,23). The SMILES string of the molecule is CCOc1ccc(CNC(=O)NCc2ccc(C(=O)OC)cc2)cc1. The van der Waals surface area contributed by atoms with Gasteiger partial charge in [-0.15, -0.1) is 0 Å². The number of hydrogen-bond donors (Lipinski definition) is 2. The summed E-state index contributed by atoms with van der Waals surface area (Å²) in [5.74, 6) is 0.429. The molecule has 6 nitrogen and oxygen atoms in total. The van der Waals surface area contributed by atoms with E-state index in [2.05, 4.69) is 15.4 Å². The molecule has 0 saturated heterocycles. The highest BCUT2D eigenvalue weighted by Gasteiger charge is 2.05. The van der Waals surface area contributed by atoms with Crippen molar-refractivity contribution in [3.8, 4) is 5.75 Å². The second-order valence-electron chi connectivity index (χ2n) is 5.30. The predicted molar refractivity (Wildman–Crippen MR) is 94.5 cm³/mol. The third-order valence-electron chi connectivity index (χ3n) is 3.52. The van der Waals surface area contributed by atoms with Crippen molar-refractivity contribution in [2.75, 3.05) is 13.7 Å². The second-order valence-corrected chi connectivity index (χ2v) is 5.30. The number of carbonyl (C=O) groups is 2. The highest BCUT2D eigenvalue weighted by atomic mass is 16.5. The number of nitrogens with one attached hydrogen (secondary N) is 2. The molecule has 0 bridgehead atoms. The maximum Gasteiger partial charge on any atom is 0.337 e. The van der Waals surface area contributed by atoms with Gasteiger partial charge in [-0.25, -0.2) is 9.59 Å². The van der Waals surface area contributed by atoms with E-state index in [9.17, 15) is 9.59 Å². The van der Waals surface area contributed by atoms with Gasteiger partial charge in [0.05, 0.1) is 19.3 Å². The smallest absolute Gasteiger partial charge is 0.337 e. The molecule has 2 N–H and O–H groups in total. The maximum absolute atomic E-state index is 11.9. The average molecular weight is 342 g/mol. The third kappa shape index (κ3) is 5.84. The van der Waals surface area contributed by atoms with E-state index in [1.165, 1.54) is 7.11 Å². The molecule has 2 aromatic rings. The summed E-state index contributed by atoms with van der Waals surface area (Å²) in [7, 11) is 1.34. The molecule has 0 fully saturated rings. The lowest BCUT2D eigenvalue weighted by Crippen LogP contribution is -2.34. The summed E-state index contributed by atoms with van der Waals surface area (Å²) in [5, 5.41) is 5.57. The number of ether oxygens (including phenoxy) is 2. The van der Waals surface area contributed by atoms with Crippen LogP contribution in [0, 0.1) is 0 Å². The number of carbonyl (C=O) groups excluding carboxylic acids is 2. The van der Waals surface area contributed by atoms with E-state index in [4.69, 9.17) is 4.74 Å². The number of benzene rings is 2. The molecule has 0 aliphatic carbocycles. The van der Waals surface area contributed by atoms with Gasteiger partial charge in [-0.05, 0) is 42.3 Å². The van der Waals surface area contributed by atoms with Gasteiger partial charge in [0.25, 0.3) is 0 Å². The minimum atomic E-state index is -0.382. The van der Waals surface area contributed by atoms with Crippen LogP contribution in [-0.4, -0.2) is 25.7 Å². The van der Waals surface area contributed by atoms with Crippen LogP contribution in [0.5, 0.6) is 5.75 Å². The summed E-state index contributed by atoms with van der Waals surface area (Å²) in [5.41, 5.74) is 2.36. The van der Waals surface area contributed by atoms with Gasteiger partial charge in [0.2, 0.25) is 0 Å². The molecule has 132 valence electrons. The molecule has 6 heteroatoms. The summed E-state index contributed by atoms with van der Waals surface area (Å²) in [6.45, 7) is 3.36. The Hall–Kier alpha value is -3.02. The van der Waals surface area contributed by atoms with Crippen molar-refractivity contribution in [1.82, 2.24) is 10.6 Å². The summed E-state index contributed by atoms with van der Waals surface area (Å²) in [6, 6.07) is 14.2. The number of methoxy groups -OCH3 is 1. The Labute approximate surface area is 147 Å². The van der Waals surface area contributed by atoms with E-state index in [0.29, 0.717) is 25.3 Å². The zero-order valence-corrected chi connectivity index (χ0v) is 14.4. The molecule has 0 aliphatic rings. The highest BCUT2D eigenvalue weighted by molar-refractivity contribution is 5.89. The fourth-order valence-corrected chi connectivity index (χ4v) is 2.17. The van der Waals surface area contributed by atoms with Gasteiger partial charge in [0.15, 0.2) is 0 Å². The molecule has 2 amide bonds. The van der Waals surface area contributed by atoms with Crippen LogP contribution in [-0.2, 0) is 17.8 Å². The molecule has 0 saturated carbocycles. The summed E-state index contributed by atoms with van der Waals surface area (Å²) >= 11 is 0. The first-order valence-corrected chi connectivity index (χ1v) is 8.03. The highest BCUT2D eigenvalue weighted by Crippen LogP contribution is 2.11. The van der Waals surface area contributed by atoms with Crippen molar-refractivity contribution in [1.29, 1.82) is 0 Å². The van der Waals surface area contributed by atoms with E-state index in [-0.39, 0.29) is 12.0 Å². The van der Waals surface area contributed by atoms with Crippen molar-refractivity contribution >= 4 is 12.0 Å². The molecule has 25 heavy (non-hydrogen) atoms. The molecule has 0 unspecified atom stereocenters. The Morgan fingerprint density at radius 1 is 0.880 bits per heavy atom. The fraction of sp³-hybridized carbons (Fsp3) is 0.263. The van der Waals surface area contributed by atoms with Gasteiger partial charge in [-0.1, -0.05) is 24.3 Å². The van der Waals surface area contributed by atoms with Crippen LogP contribution in [0.3, 0.4) is 0 Å². The lowest BCUT2D eigenvalue weighted by Gasteiger charge is -2.09. The first-order chi connectivity index (χ1) is 12.1. The Morgan fingerprint density at radius 3 is 1.88 bits per heavy atom. The van der Waals surface area contributed by atoms with Crippen LogP contribution in [0.15, 0.2) is 48.5 Å². The van der Waals surface area contributed by atoms with Gasteiger partial charge in [0.1, 0.15) is 5.75 Å². The molecular weight excluding hydrogens is 320 g/mol. The molecule has 0 aliphatic heterocycles. The minimum Gasteiger partial charge on any atom is -0.494 e. The van der Waals surface area contributed by atoms with Crippen molar-refractivity contribution < 1.29 is 19.1 Å². The van der Waals surface area contributed by atoms with Crippen molar-refractivity contribution in [2.45, 2.75) is 20.0 Å². The number of amides is 2. The van der Waals surface area contributed by atoms with E-state index in [1.54, 1.807) is 24.3 Å². The lowest BCUT2D eigenvalue weighted by atomic mass is 10.1. The Kier molecular flexibility index (Phi) is 6.83. The van der Waals surface area contributed by atoms with Crippen LogP contribution in [0.2, 0.25) is 0 Å². The van der Waals surface area contributed by atoms with Gasteiger partial charge in [-0.2, -0.15) is 0 Å². The van der Waals surface area contributed by atoms with E-state index in [1.807, 2.05) is 31.2 Å². The molecule has 0 aromatic heterocycles. The molecule has 0 spiro atoms. The molecule has 2 rings (SSSR count). The molecule has 0 heterocycles. The van der Waals surface area contributed by atoms with Crippen molar-refractivity contribution in [2.24, 2.45) is 0 Å². The fourth-order valence-electron chi connectivity index (χ4n) is 2.17. The maximum atomic E-state index is 11.9. The van der Waals surface area contributed by atoms with Crippen LogP contribution in [0.1, 0.15) is 28.4 Å². The second kappa shape index (κ2) is 9.32. The Bertz CT molecular complexity index is 696. The first-order valence-electron chi connectivity index (χ1n) is 8.03. The monoisotopic (exact) mass is 342 g/mol. The molecule has 2 aromatic carbocycles. The zero-order valence-electron chi connectivity index (χ0n) is 14.4. The topological polar surface area (TPSA) is 76.7 Å². The minimum absolute atomic E-state index is 0.258. The van der Waals surface area contributed by atoms with Crippen LogP contribution in [0.4, 0.5) is 4.79 Å². The van der Waals surface area contributed by atoms with Crippen LogP contribution in [0.25, 0.3) is 0 Å². The van der Waals surface area contributed by atoms with E-state index in [0.717, 1.165) is 16.9 Å². The summed E-state index contributed by atoms with van der Waals surface area (Å²) < 4.78 is 10.0. The number of rotatable bonds is 7. The summed E-state index contributed by atoms with van der Waals surface area (Å²) in [6.07, 6.45) is 0. The van der Waals surface area contributed by atoms with Gasteiger partial charge >= 0.3 is 12.0 Å². The van der Waals surface area contributed by atoms with E-state index < -0.39 is 0 Å². The Balaban J connectivity index is 1.75. The number of esters is 1. The van der Waals surface area contributed by atoms with Gasteiger partial charge < -0.3 is 20.1 Å². The summed E-state index contributed by atoms with van der Waals surface area (Å²) in [4.78, 5) is 23.2. The largest absolute Gasteiger partial charge is 0.494 e. The van der Waals surface area contributed by atoms with Gasteiger partial charge in [0, 0.05) is 13.1 Å². The molecule has 0 radical (unpaired) electrons. The van der Waals surface area contributed by atoms with E-state index >= 15 is 0 Å². The number of hydrogen-bond acceptors (Lipinski definition) is 4. The van der Waals surface area contributed by atoms with Crippen molar-refractivity contribution in [3.05, 3.63) is 65.2 Å². The zero-order chi connectivity index (χ0) is 18.1. The lowest BCUT2D eigenvalue weighted by molar-refractivity contribution is 0.0600. The average Bonchev–Trinajstić information content (AvgIpc) is 2.66. The molecule has 0 atom stereocenters. The quantitative estimate of drug-likeness (QED) is 0.759. The first kappa shape index (κ1) is 18.3. The predicted octanol–water partition coefficient (Wildman–Crippen LogP) is 2.87. The molecular formula is C19H22N2O4. The third-order valence-corrected chi connectivity index (χ3v) is 3.52. The van der Waals surface area contributed by atoms with Crippen LogP contribution >= 0.6 is 0 Å². The van der Waals surface area contributed by atoms with Crippen LogP contribution < -0.4 is 15.4 Å². The normalized spacial score (nSPS) is 10.0. The van der Waals surface area contributed by atoms with Gasteiger partial charge in [-0.3, -0.25) is 0 Å². The van der Waals surface area contributed by atoms with Crippen molar-refractivity contribution in [3.63, 3.8) is 0 Å². The Morgan fingerprint density at radius 2 is 1.40 bits per heavy atom.